The Morgan fingerprint density at radius 1 is 1.26 bits per heavy atom. The van der Waals surface area contributed by atoms with Crippen LogP contribution in [0.1, 0.15) is 45.4 Å². The van der Waals surface area contributed by atoms with Crippen LogP contribution in [-0.2, 0) is 19.6 Å². The van der Waals surface area contributed by atoms with Gasteiger partial charge in [-0.25, -0.2) is 8.42 Å². The van der Waals surface area contributed by atoms with E-state index in [1.54, 1.807) is 21.9 Å². The molecule has 1 aromatic rings. The number of methoxy groups -OCH3 is 1. The number of amides is 2. The third-order valence-electron chi connectivity index (χ3n) is 5.98. The molecule has 3 N–H and O–H groups in total. The summed E-state index contributed by atoms with van der Waals surface area (Å²) in [4.78, 5) is 28.5. The maximum atomic E-state index is 13.2. The number of hydrogen-bond donors (Lipinski definition) is 2. The van der Waals surface area contributed by atoms with Crippen LogP contribution < -0.4 is 20.1 Å². The molecule has 0 radical (unpaired) electrons. The van der Waals surface area contributed by atoms with E-state index in [-0.39, 0.29) is 35.0 Å². The normalized spacial score (nSPS) is 21.1. The van der Waals surface area contributed by atoms with Crippen molar-refractivity contribution in [1.82, 2.24) is 9.62 Å². The zero-order chi connectivity index (χ0) is 22.6. The predicted octanol–water partition coefficient (Wildman–Crippen LogP) is 1.22. The minimum Gasteiger partial charge on any atom is -0.493 e. The monoisotopic (exact) mass is 452 g/mol. The van der Waals surface area contributed by atoms with Crippen LogP contribution in [0.15, 0.2) is 23.1 Å². The Kier molecular flexibility index (Phi) is 7.55. The van der Waals surface area contributed by atoms with Crippen LogP contribution in [0.5, 0.6) is 5.75 Å². The van der Waals surface area contributed by atoms with E-state index in [0.717, 1.165) is 32.1 Å². The van der Waals surface area contributed by atoms with Gasteiger partial charge in [0.05, 0.1) is 12.8 Å². The second-order valence-corrected chi connectivity index (χ2v) is 9.78. The topological polar surface area (TPSA) is 122 Å². The summed E-state index contributed by atoms with van der Waals surface area (Å²) in [6.07, 6.45) is 4.88. The van der Waals surface area contributed by atoms with Gasteiger partial charge in [-0.15, -0.1) is 0 Å². The number of sulfonamides is 1. The number of likely N-dealkylation sites (tertiary alicyclic amines) is 1. The van der Waals surface area contributed by atoms with Crippen LogP contribution in [0.4, 0.5) is 5.69 Å². The first-order chi connectivity index (χ1) is 14.8. The van der Waals surface area contributed by atoms with Crippen LogP contribution in [-0.4, -0.2) is 64.0 Å². The summed E-state index contributed by atoms with van der Waals surface area (Å²) < 4.78 is 34.4. The van der Waals surface area contributed by atoms with Crippen molar-refractivity contribution in [2.75, 3.05) is 31.6 Å². The number of nitrogens with zero attached hydrogens (tertiary/aromatic N) is 2. The van der Waals surface area contributed by atoms with Gasteiger partial charge in [0.1, 0.15) is 10.9 Å². The van der Waals surface area contributed by atoms with Crippen LogP contribution in [0.25, 0.3) is 0 Å². The molecule has 9 nitrogen and oxygen atoms in total. The first-order valence-corrected chi connectivity index (χ1v) is 12.3. The molecule has 1 aromatic carbocycles. The van der Waals surface area contributed by atoms with Crippen molar-refractivity contribution >= 4 is 27.5 Å². The maximum Gasteiger partial charge on any atom is 0.245 e. The van der Waals surface area contributed by atoms with Crippen LogP contribution in [0, 0.1) is 0 Å². The fourth-order valence-electron chi connectivity index (χ4n) is 4.27. The number of carbonyl (C=O) groups excluding carboxylic acids is 2. The molecule has 172 valence electrons. The van der Waals surface area contributed by atoms with Crippen molar-refractivity contribution in [2.24, 2.45) is 5.73 Å². The summed E-state index contributed by atoms with van der Waals surface area (Å²) in [6, 6.07) is 3.61. The minimum absolute atomic E-state index is 0.0442. The van der Waals surface area contributed by atoms with E-state index in [2.05, 4.69) is 4.72 Å². The summed E-state index contributed by atoms with van der Waals surface area (Å²) in [5, 5.41) is 0. The molecule has 2 amide bonds. The number of benzene rings is 1. The Balaban J connectivity index is 1.89. The van der Waals surface area contributed by atoms with E-state index in [9.17, 15) is 18.0 Å². The number of piperidine rings is 2. The number of para-hydroxylation sites is 1. The van der Waals surface area contributed by atoms with Gasteiger partial charge in [-0.2, -0.15) is 4.72 Å². The van der Waals surface area contributed by atoms with Crippen molar-refractivity contribution in [3.05, 3.63) is 18.2 Å². The summed E-state index contributed by atoms with van der Waals surface area (Å²) in [6.45, 7) is 2.89. The Labute approximate surface area is 184 Å². The third kappa shape index (κ3) is 5.02. The van der Waals surface area contributed by atoms with Crippen molar-refractivity contribution < 1.29 is 22.7 Å². The van der Waals surface area contributed by atoms with E-state index < -0.39 is 16.1 Å². The van der Waals surface area contributed by atoms with Gasteiger partial charge in [-0.1, -0.05) is 6.07 Å². The molecule has 10 heteroatoms. The highest BCUT2D eigenvalue weighted by atomic mass is 32.2. The van der Waals surface area contributed by atoms with Crippen molar-refractivity contribution in [2.45, 2.75) is 62.4 Å². The van der Waals surface area contributed by atoms with E-state index in [0.29, 0.717) is 25.2 Å². The Hall–Kier alpha value is -2.17. The average Bonchev–Trinajstić information content (AvgIpc) is 2.77. The molecule has 0 aliphatic carbocycles. The van der Waals surface area contributed by atoms with Crippen molar-refractivity contribution in [3.63, 3.8) is 0 Å². The molecule has 2 aliphatic rings. The van der Waals surface area contributed by atoms with Crippen molar-refractivity contribution in [3.8, 4) is 5.75 Å². The molecule has 1 unspecified atom stereocenters. The van der Waals surface area contributed by atoms with Crippen molar-refractivity contribution in [1.29, 1.82) is 0 Å². The van der Waals surface area contributed by atoms with Gasteiger partial charge in [0.25, 0.3) is 0 Å². The third-order valence-corrected chi connectivity index (χ3v) is 7.48. The fraction of sp³-hybridized carbons (Fsp3) is 0.619. The molecule has 0 bridgehead atoms. The molecule has 31 heavy (non-hydrogen) atoms. The Morgan fingerprint density at radius 3 is 2.65 bits per heavy atom. The number of rotatable bonds is 7. The predicted molar refractivity (Wildman–Crippen MR) is 117 cm³/mol. The van der Waals surface area contributed by atoms with Gasteiger partial charge in [-0.3, -0.25) is 9.59 Å². The van der Waals surface area contributed by atoms with Gasteiger partial charge >= 0.3 is 0 Å². The van der Waals surface area contributed by atoms with Gasteiger partial charge in [-0.05, 0) is 51.2 Å². The number of nitrogens with two attached hydrogens (primary N) is 1. The molecular weight excluding hydrogens is 420 g/mol. The van der Waals surface area contributed by atoms with Gasteiger partial charge in [0.15, 0.2) is 5.75 Å². The highest BCUT2D eigenvalue weighted by molar-refractivity contribution is 7.89. The maximum absolute atomic E-state index is 13.2. The number of anilines is 1. The summed E-state index contributed by atoms with van der Waals surface area (Å²) in [5.41, 5.74) is 6.20. The largest absolute Gasteiger partial charge is 0.493 e. The van der Waals surface area contributed by atoms with E-state index in [4.69, 9.17) is 10.5 Å². The average molecular weight is 453 g/mol. The molecule has 2 atom stereocenters. The number of hydrogen-bond acceptors (Lipinski definition) is 6. The van der Waals surface area contributed by atoms with E-state index in [1.807, 2.05) is 6.92 Å². The molecule has 2 heterocycles. The Morgan fingerprint density at radius 2 is 2.00 bits per heavy atom. The van der Waals surface area contributed by atoms with Gasteiger partial charge in [0, 0.05) is 32.1 Å². The standard InChI is InChI=1S/C21H32N4O5S/c1-15-8-3-5-12-24(15)21(27)16(14-22)23-31(28,29)18-10-7-9-17(20(18)30-2)25-13-6-4-11-19(25)26/h7,9-10,15-16,23H,3-6,8,11-14,22H2,1-2H3/t15?,16-/m0/s1. The molecule has 2 aliphatic heterocycles. The number of carbonyl (C=O) groups is 2. The lowest BCUT2D eigenvalue weighted by Crippen LogP contribution is -2.55. The molecule has 2 fully saturated rings. The van der Waals surface area contributed by atoms with Crippen LogP contribution >= 0.6 is 0 Å². The summed E-state index contributed by atoms with van der Waals surface area (Å²) in [5.74, 6) is -0.305. The Bertz CT molecular complexity index is 920. The van der Waals surface area contributed by atoms with E-state index in [1.165, 1.54) is 13.2 Å². The molecule has 0 aromatic heterocycles. The summed E-state index contributed by atoms with van der Waals surface area (Å²) >= 11 is 0. The SMILES string of the molecule is COc1c(N2CCCCC2=O)cccc1S(=O)(=O)N[C@@H](CN)C(=O)N1CCCCC1C. The van der Waals surface area contributed by atoms with Crippen LogP contribution in [0.3, 0.4) is 0 Å². The summed E-state index contributed by atoms with van der Waals surface area (Å²) in [7, 11) is -2.77. The molecule has 3 rings (SSSR count). The smallest absolute Gasteiger partial charge is 0.245 e. The second kappa shape index (κ2) is 9.97. The van der Waals surface area contributed by atoms with Gasteiger partial charge < -0.3 is 20.3 Å². The first-order valence-electron chi connectivity index (χ1n) is 10.8. The number of ether oxygens (including phenoxy) is 1. The zero-order valence-electron chi connectivity index (χ0n) is 18.2. The van der Waals surface area contributed by atoms with E-state index >= 15 is 0 Å². The molecule has 2 saturated heterocycles. The molecule has 0 spiro atoms. The second-order valence-electron chi connectivity index (χ2n) is 8.10. The highest BCUT2D eigenvalue weighted by Gasteiger charge is 2.34. The lowest BCUT2D eigenvalue weighted by atomic mass is 10.0. The zero-order valence-corrected chi connectivity index (χ0v) is 19.0. The minimum atomic E-state index is -4.13. The molecular formula is C21H32N4O5S. The lowest BCUT2D eigenvalue weighted by Gasteiger charge is -2.35. The lowest BCUT2D eigenvalue weighted by molar-refractivity contribution is -0.136. The fourth-order valence-corrected chi connectivity index (χ4v) is 5.66. The number of nitrogens with one attached hydrogen (secondary N) is 1. The van der Waals surface area contributed by atoms with Crippen LogP contribution in [0.2, 0.25) is 0 Å². The quantitative estimate of drug-likeness (QED) is 0.641. The molecule has 0 saturated carbocycles. The van der Waals surface area contributed by atoms with Gasteiger partial charge in [0.2, 0.25) is 21.8 Å². The highest BCUT2D eigenvalue weighted by Crippen LogP contribution is 2.36. The first kappa shape index (κ1) is 23.5.